The first-order valence-electron chi connectivity index (χ1n) is 14.9. The smallest absolute Gasteiger partial charge is 0.429 e. The highest BCUT2D eigenvalue weighted by atomic mass is 19.3. The second kappa shape index (κ2) is 13.6. The molecule has 45 heavy (non-hydrogen) atoms. The summed E-state index contributed by atoms with van der Waals surface area (Å²) >= 11 is 0. The van der Waals surface area contributed by atoms with Crippen LogP contribution < -0.4 is 4.74 Å². The zero-order chi connectivity index (χ0) is 32.3. The van der Waals surface area contributed by atoms with Crippen LogP contribution in [0.5, 0.6) is 5.75 Å². The van der Waals surface area contributed by atoms with E-state index in [1.807, 2.05) is 6.07 Å². The average molecular weight is 634 g/mol. The van der Waals surface area contributed by atoms with Gasteiger partial charge in [-0.15, -0.1) is 0 Å². The maximum Gasteiger partial charge on any atom is 0.432 e. The summed E-state index contributed by atoms with van der Waals surface area (Å²) in [6.45, 7) is 2.19. The molecule has 0 bridgehead atoms. The second-order valence-electron chi connectivity index (χ2n) is 11.5. The first kappa shape index (κ1) is 32.4. The lowest BCUT2D eigenvalue weighted by molar-refractivity contribution is -0.189. The molecule has 5 rings (SSSR count). The van der Waals surface area contributed by atoms with Gasteiger partial charge in [0.05, 0.1) is 5.69 Å². The van der Waals surface area contributed by atoms with Gasteiger partial charge >= 0.3 is 6.11 Å². The van der Waals surface area contributed by atoms with Gasteiger partial charge in [-0.2, -0.15) is 8.78 Å². The topological polar surface area (TPSA) is 22.1 Å². The summed E-state index contributed by atoms with van der Waals surface area (Å²) in [5.74, 6) is -9.10. The Morgan fingerprint density at radius 1 is 0.733 bits per heavy atom. The summed E-state index contributed by atoms with van der Waals surface area (Å²) in [5.41, 5.74) is -1.36. The van der Waals surface area contributed by atoms with E-state index in [2.05, 4.69) is 16.6 Å². The molecule has 0 unspecified atom stereocenters. The first-order valence-corrected chi connectivity index (χ1v) is 14.9. The molecule has 4 aromatic rings. The number of ether oxygens (including phenoxy) is 1. The number of halogens is 8. The molecule has 10 heteroatoms. The fourth-order valence-corrected chi connectivity index (χ4v) is 5.99. The van der Waals surface area contributed by atoms with Gasteiger partial charge in [-0.25, -0.2) is 26.3 Å². The van der Waals surface area contributed by atoms with E-state index in [-0.39, 0.29) is 11.3 Å². The number of pyridine rings is 1. The van der Waals surface area contributed by atoms with E-state index in [0.717, 1.165) is 61.4 Å². The lowest BCUT2D eigenvalue weighted by Gasteiger charge is -2.28. The summed E-state index contributed by atoms with van der Waals surface area (Å²) in [7, 11) is 0. The van der Waals surface area contributed by atoms with E-state index >= 15 is 0 Å². The highest BCUT2D eigenvalue weighted by Crippen LogP contribution is 2.40. The third-order valence-electron chi connectivity index (χ3n) is 8.43. The maximum absolute atomic E-state index is 15.0. The van der Waals surface area contributed by atoms with Crippen molar-refractivity contribution in [3.05, 3.63) is 107 Å². The van der Waals surface area contributed by atoms with Crippen molar-refractivity contribution in [1.29, 1.82) is 0 Å². The number of rotatable bonds is 10. The number of nitrogens with zero attached hydrogens (tertiary/aromatic N) is 1. The van der Waals surface area contributed by atoms with Crippen molar-refractivity contribution in [2.24, 2.45) is 5.92 Å². The Morgan fingerprint density at radius 3 is 1.96 bits per heavy atom. The summed E-state index contributed by atoms with van der Waals surface area (Å²) in [6.07, 6.45) is 6.43. The Balaban J connectivity index is 1.28. The molecule has 1 aromatic heterocycles. The van der Waals surface area contributed by atoms with Gasteiger partial charge in [-0.05, 0) is 91.1 Å². The number of aromatic nitrogens is 1. The van der Waals surface area contributed by atoms with Gasteiger partial charge in [0, 0.05) is 23.4 Å². The standard InChI is InChI=1S/C35H31F8NO/c1-2-3-4-5-20-6-8-21(9-7-20)22-10-13-32(44-19-22)24-16-28(37)33(29(38)17-24)35(42,43)45-25-11-12-26(27(36)18-25)23-14-30(39)34(41)31(40)15-23/h10-21H,2-9H2,1H3. The van der Waals surface area contributed by atoms with Crippen molar-refractivity contribution in [3.63, 3.8) is 0 Å². The van der Waals surface area contributed by atoms with Crippen LogP contribution in [0.25, 0.3) is 22.4 Å². The fourth-order valence-electron chi connectivity index (χ4n) is 5.99. The molecular formula is C35H31F8NO. The molecule has 0 spiro atoms. The SMILES string of the molecule is CCCCCC1CCC(c2ccc(-c3cc(F)c(C(F)(F)Oc4ccc(-c5cc(F)c(F)c(F)c5)c(F)c4)c(F)c3)nc2)CC1. The Labute approximate surface area is 256 Å². The normalized spacial score (nSPS) is 17.0. The molecule has 2 nitrogen and oxygen atoms in total. The highest BCUT2D eigenvalue weighted by Gasteiger charge is 2.41. The summed E-state index contributed by atoms with van der Waals surface area (Å²) in [6, 6.07) is 8.09. The molecule has 1 aliphatic rings. The van der Waals surface area contributed by atoms with Gasteiger partial charge < -0.3 is 4.74 Å². The van der Waals surface area contributed by atoms with Crippen molar-refractivity contribution in [2.45, 2.75) is 70.3 Å². The van der Waals surface area contributed by atoms with Gasteiger partial charge in [0.25, 0.3) is 0 Å². The van der Waals surface area contributed by atoms with Gasteiger partial charge in [0.15, 0.2) is 17.5 Å². The van der Waals surface area contributed by atoms with E-state index in [9.17, 15) is 35.1 Å². The minimum absolute atomic E-state index is 0.0510. The zero-order valence-electron chi connectivity index (χ0n) is 24.5. The third kappa shape index (κ3) is 7.31. The van der Waals surface area contributed by atoms with Crippen molar-refractivity contribution >= 4 is 0 Å². The van der Waals surface area contributed by atoms with Crippen LogP contribution in [0, 0.1) is 40.8 Å². The van der Waals surface area contributed by atoms with Crippen LogP contribution in [0.2, 0.25) is 0 Å². The molecule has 1 heterocycles. The third-order valence-corrected chi connectivity index (χ3v) is 8.43. The lowest BCUT2D eigenvalue weighted by atomic mass is 9.77. The summed E-state index contributed by atoms with van der Waals surface area (Å²) in [5, 5.41) is 0. The van der Waals surface area contributed by atoms with E-state index < -0.39 is 63.5 Å². The maximum atomic E-state index is 15.0. The fraction of sp³-hybridized carbons (Fsp3) is 0.343. The second-order valence-corrected chi connectivity index (χ2v) is 11.5. The monoisotopic (exact) mass is 633 g/mol. The first-order chi connectivity index (χ1) is 21.5. The Hall–Kier alpha value is -3.95. The van der Waals surface area contributed by atoms with Crippen molar-refractivity contribution in [1.82, 2.24) is 4.98 Å². The molecule has 0 N–H and O–H groups in total. The van der Waals surface area contributed by atoms with Crippen LogP contribution in [0.1, 0.15) is 75.3 Å². The van der Waals surface area contributed by atoms with E-state index in [1.165, 1.54) is 25.7 Å². The molecule has 3 aromatic carbocycles. The Morgan fingerprint density at radius 2 is 1.38 bits per heavy atom. The zero-order valence-corrected chi connectivity index (χ0v) is 24.5. The molecule has 0 amide bonds. The molecule has 1 saturated carbocycles. The quantitative estimate of drug-likeness (QED) is 0.0985. The summed E-state index contributed by atoms with van der Waals surface area (Å²) < 4.78 is 119. The molecule has 0 saturated heterocycles. The van der Waals surface area contributed by atoms with E-state index in [1.54, 1.807) is 12.3 Å². The van der Waals surface area contributed by atoms with Crippen molar-refractivity contribution in [2.75, 3.05) is 0 Å². The van der Waals surface area contributed by atoms with Crippen LogP contribution in [0.15, 0.2) is 60.8 Å². The van der Waals surface area contributed by atoms with Gasteiger partial charge in [-0.1, -0.05) is 38.7 Å². The Bertz CT molecular complexity index is 1600. The minimum Gasteiger partial charge on any atom is -0.429 e. The van der Waals surface area contributed by atoms with E-state index in [0.29, 0.717) is 24.1 Å². The van der Waals surface area contributed by atoms with Crippen LogP contribution in [-0.2, 0) is 6.11 Å². The number of hydrogen-bond donors (Lipinski definition) is 0. The molecule has 0 aliphatic heterocycles. The summed E-state index contributed by atoms with van der Waals surface area (Å²) in [4.78, 5) is 4.34. The average Bonchev–Trinajstić information content (AvgIpc) is 2.99. The predicted molar refractivity (Wildman–Crippen MR) is 155 cm³/mol. The van der Waals surface area contributed by atoms with Crippen molar-refractivity contribution < 1.29 is 39.9 Å². The highest BCUT2D eigenvalue weighted by molar-refractivity contribution is 5.65. The van der Waals surface area contributed by atoms with Crippen LogP contribution in [-0.4, -0.2) is 4.98 Å². The van der Waals surface area contributed by atoms with Gasteiger partial charge in [-0.3, -0.25) is 4.98 Å². The molecule has 0 atom stereocenters. The molecule has 1 aliphatic carbocycles. The van der Waals surface area contributed by atoms with Crippen LogP contribution in [0.3, 0.4) is 0 Å². The molecular weight excluding hydrogens is 602 g/mol. The molecule has 1 fully saturated rings. The number of benzene rings is 3. The van der Waals surface area contributed by atoms with Gasteiger partial charge in [0.2, 0.25) is 0 Å². The number of hydrogen-bond acceptors (Lipinski definition) is 2. The number of alkyl halides is 2. The van der Waals surface area contributed by atoms with Crippen molar-refractivity contribution in [3.8, 4) is 28.1 Å². The van der Waals surface area contributed by atoms with E-state index in [4.69, 9.17) is 0 Å². The van der Waals surface area contributed by atoms with Crippen LogP contribution >= 0.6 is 0 Å². The lowest BCUT2D eigenvalue weighted by Crippen LogP contribution is -2.25. The molecule has 238 valence electrons. The van der Waals surface area contributed by atoms with Gasteiger partial charge in [0.1, 0.15) is 28.8 Å². The largest absolute Gasteiger partial charge is 0.432 e. The minimum atomic E-state index is -4.57. The molecule has 0 radical (unpaired) electrons. The Kier molecular flexibility index (Phi) is 9.79. The predicted octanol–water partition coefficient (Wildman–Crippen LogP) is 11.2. The number of unbranched alkanes of at least 4 members (excludes halogenated alkanes) is 2. The van der Waals surface area contributed by atoms with Crippen LogP contribution in [0.4, 0.5) is 35.1 Å².